The lowest BCUT2D eigenvalue weighted by molar-refractivity contribution is -0.143. The van der Waals surface area contributed by atoms with Gasteiger partial charge >= 0.3 is 0 Å². The number of aromatic nitrogens is 1. The van der Waals surface area contributed by atoms with Crippen molar-refractivity contribution < 1.29 is 9.59 Å². The topological polar surface area (TPSA) is 53.5 Å². The standard InChI is InChI=1S/C25H27N3O2S/c29-23(19-8-2-1-3-9-19)27-14-16-28(17-15-27)24(30)25(12-6-7-13-25)18-22-26-20-10-4-5-11-21(20)31-22/h1-5,8-11H,6-7,12-18H2. The lowest BCUT2D eigenvalue weighted by Gasteiger charge is -2.39. The number of para-hydroxylation sites is 1. The summed E-state index contributed by atoms with van der Waals surface area (Å²) in [6.45, 7) is 2.41. The SMILES string of the molecule is O=C(c1ccccc1)N1CCN(C(=O)C2(Cc3nc4ccccc4s3)CCCC2)CC1. The smallest absolute Gasteiger partial charge is 0.253 e. The second-order valence-electron chi connectivity index (χ2n) is 8.69. The first-order chi connectivity index (χ1) is 15.1. The summed E-state index contributed by atoms with van der Waals surface area (Å²) in [5.74, 6) is 0.314. The van der Waals surface area contributed by atoms with Crippen LogP contribution in [0.5, 0.6) is 0 Å². The van der Waals surface area contributed by atoms with Gasteiger partial charge in [0.1, 0.15) is 0 Å². The van der Waals surface area contributed by atoms with Gasteiger partial charge in [-0.15, -0.1) is 11.3 Å². The van der Waals surface area contributed by atoms with Crippen molar-refractivity contribution in [3.63, 3.8) is 0 Å². The number of hydrogen-bond donors (Lipinski definition) is 0. The minimum absolute atomic E-state index is 0.0535. The maximum atomic E-state index is 13.7. The molecule has 1 aliphatic heterocycles. The first-order valence-electron chi connectivity index (χ1n) is 11.1. The molecule has 1 saturated heterocycles. The summed E-state index contributed by atoms with van der Waals surface area (Å²) < 4.78 is 1.19. The van der Waals surface area contributed by atoms with Crippen molar-refractivity contribution in [2.45, 2.75) is 32.1 Å². The molecule has 0 atom stereocenters. The van der Waals surface area contributed by atoms with Gasteiger partial charge in [-0.25, -0.2) is 4.98 Å². The Morgan fingerprint density at radius 1 is 0.871 bits per heavy atom. The van der Waals surface area contributed by atoms with Crippen LogP contribution in [0.15, 0.2) is 54.6 Å². The zero-order chi connectivity index (χ0) is 21.3. The van der Waals surface area contributed by atoms with Crippen LogP contribution in [0.1, 0.15) is 41.0 Å². The summed E-state index contributed by atoms with van der Waals surface area (Å²) in [6.07, 6.45) is 4.80. The second kappa shape index (κ2) is 8.42. The fourth-order valence-corrected chi connectivity index (χ4v) is 6.13. The summed E-state index contributed by atoms with van der Waals surface area (Å²) in [5, 5.41) is 1.06. The van der Waals surface area contributed by atoms with Crippen molar-refractivity contribution in [2.75, 3.05) is 26.2 Å². The van der Waals surface area contributed by atoms with E-state index in [0.717, 1.165) is 42.6 Å². The molecule has 2 aliphatic rings. The average Bonchev–Trinajstić information content (AvgIpc) is 3.46. The summed E-state index contributed by atoms with van der Waals surface area (Å²) >= 11 is 1.71. The number of thiazole rings is 1. The van der Waals surface area contributed by atoms with E-state index >= 15 is 0 Å². The average molecular weight is 434 g/mol. The highest BCUT2D eigenvalue weighted by atomic mass is 32.1. The van der Waals surface area contributed by atoms with Crippen LogP contribution in [0.3, 0.4) is 0 Å². The summed E-state index contributed by atoms with van der Waals surface area (Å²) in [7, 11) is 0. The Kier molecular flexibility index (Phi) is 5.48. The van der Waals surface area contributed by atoms with Crippen molar-refractivity contribution in [2.24, 2.45) is 5.41 Å². The number of rotatable bonds is 4. The minimum Gasteiger partial charge on any atom is -0.339 e. The van der Waals surface area contributed by atoms with E-state index in [4.69, 9.17) is 4.98 Å². The Balaban J connectivity index is 1.28. The van der Waals surface area contributed by atoms with Crippen LogP contribution in [0.4, 0.5) is 0 Å². The molecule has 160 valence electrons. The molecular weight excluding hydrogens is 406 g/mol. The molecule has 5 nitrogen and oxygen atoms in total. The molecule has 31 heavy (non-hydrogen) atoms. The lowest BCUT2D eigenvalue weighted by atomic mass is 9.81. The highest BCUT2D eigenvalue weighted by molar-refractivity contribution is 7.18. The van der Waals surface area contributed by atoms with Gasteiger partial charge in [0.25, 0.3) is 5.91 Å². The van der Waals surface area contributed by atoms with Gasteiger partial charge in [0.2, 0.25) is 5.91 Å². The zero-order valence-electron chi connectivity index (χ0n) is 17.6. The van der Waals surface area contributed by atoms with E-state index in [9.17, 15) is 9.59 Å². The number of amides is 2. The first-order valence-corrected chi connectivity index (χ1v) is 11.9. The van der Waals surface area contributed by atoms with Crippen molar-refractivity contribution in [1.82, 2.24) is 14.8 Å². The number of fused-ring (bicyclic) bond motifs is 1. The number of carbonyl (C=O) groups excluding carboxylic acids is 2. The Morgan fingerprint density at radius 3 is 2.23 bits per heavy atom. The van der Waals surface area contributed by atoms with Gasteiger partial charge in [0, 0.05) is 38.2 Å². The summed E-state index contributed by atoms with van der Waals surface area (Å²) in [4.78, 5) is 35.1. The molecule has 3 aromatic rings. The van der Waals surface area contributed by atoms with E-state index in [0.29, 0.717) is 31.7 Å². The minimum atomic E-state index is -0.334. The predicted octanol–water partition coefficient (Wildman–Crippen LogP) is 4.38. The Hall–Kier alpha value is -2.73. The molecule has 6 heteroatoms. The van der Waals surface area contributed by atoms with Crippen LogP contribution < -0.4 is 0 Å². The summed E-state index contributed by atoms with van der Waals surface area (Å²) in [6, 6.07) is 17.6. The number of piperazine rings is 1. The molecule has 1 aliphatic carbocycles. The number of hydrogen-bond acceptors (Lipinski definition) is 4. The van der Waals surface area contributed by atoms with Crippen molar-refractivity contribution in [3.8, 4) is 0 Å². The van der Waals surface area contributed by atoms with Crippen LogP contribution in [0.25, 0.3) is 10.2 Å². The van der Waals surface area contributed by atoms with Gasteiger partial charge in [-0.1, -0.05) is 43.2 Å². The fourth-order valence-electron chi connectivity index (χ4n) is 5.01. The molecule has 2 fully saturated rings. The third kappa shape index (κ3) is 3.97. The Bertz CT molecular complexity index is 1050. The first kappa shape index (κ1) is 20.2. The van der Waals surface area contributed by atoms with Crippen LogP contribution in [0, 0.1) is 5.41 Å². The summed E-state index contributed by atoms with van der Waals surface area (Å²) in [5.41, 5.74) is 1.40. The molecular formula is C25H27N3O2S. The highest BCUT2D eigenvalue weighted by Gasteiger charge is 2.44. The van der Waals surface area contributed by atoms with Gasteiger partial charge in [-0.05, 0) is 37.1 Å². The van der Waals surface area contributed by atoms with Gasteiger partial charge in [0.05, 0.1) is 20.6 Å². The Labute approximate surface area is 186 Å². The number of nitrogens with zero attached hydrogens (tertiary/aromatic N) is 3. The van der Waals surface area contributed by atoms with Crippen molar-refractivity contribution >= 4 is 33.4 Å². The van der Waals surface area contributed by atoms with E-state index < -0.39 is 0 Å². The molecule has 0 unspecified atom stereocenters. The molecule has 2 amide bonds. The van der Waals surface area contributed by atoms with Crippen LogP contribution in [-0.2, 0) is 11.2 Å². The van der Waals surface area contributed by atoms with E-state index in [2.05, 4.69) is 6.07 Å². The van der Waals surface area contributed by atoms with Crippen LogP contribution in [-0.4, -0.2) is 52.8 Å². The monoisotopic (exact) mass is 433 g/mol. The predicted molar refractivity (Wildman–Crippen MR) is 123 cm³/mol. The van der Waals surface area contributed by atoms with E-state index in [1.165, 1.54) is 4.70 Å². The van der Waals surface area contributed by atoms with Gasteiger partial charge < -0.3 is 9.80 Å². The number of benzene rings is 2. The highest BCUT2D eigenvalue weighted by Crippen LogP contribution is 2.43. The number of carbonyl (C=O) groups is 2. The molecule has 0 radical (unpaired) electrons. The fraction of sp³-hybridized carbons (Fsp3) is 0.400. The largest absolute Gasteiger partial charge is 0.339 e. The van der Waals surface area contributed by atoms with Gasteiger partial charge in [-0.3, -0.25) is 9.59 Å². The normalized spacial score (nSPS) is 18.5. The van der Waals surface area contributed by atoms with Crippen LogP contribution in [0.2, 0.25) is 0 Å². The third-order valence-electron chi connectivity index (χ3n) is 6.72. The maximum Gasteiger partial charge on any atom is 0.253 e. The zero-order valence-corrected chi connectivity index (χ0v) is 18.4. The van der Waals surface area contributed by atoms with Gasteiger partial charge in [-0.2, -0.15) is 0 Å². The van der Waals surface area contributed by atoms with Crippen LogP contribution >= 0.6 is 11.3 Å². The van der Waals surface area contributed by atoms with Gasteiger partial charge in [0.15, 0.2) is 0 Å². The van der Waals surface area contributed by atoms with Crippen molar-refractivity contribution in [1.29, 1.82) is 0 Å². The molecule has 5 rings (SSSR count). The molecule has 2 heterocycles. The maximum absolute atomic E-state index is 13.7. The molecule has 1 saturated carbocycles. The molecule has 2 aromatic carbocycles. The van der Waals surface area contributed by atoms with E-state index in [1.54, 1.807) is 11.3 Å². The van der Waals surface area contributed by atoms with E-state index in [-0.39, 0.29) is 17.2 Å². The quantitative estimate of drug-likeness (QED) is 0.613. The molecule has 0 spiro atoms. The Morgan fingerprint density at radius 2 is 1.52 bits per heavy atom. The van der Waals surface area contributed by atoms with Crippen molar-refractivity contribution in [3.05, 3.63) is 65.2 Å². The lowest BCUT2D eigenvalue weighted by Crippen LogP contribution is -2.54. The molecule has 0 N–H and O–H groups in total. The second-order valence-corrected chi connectivity index (χ2v) is 9.81. The molecule has 0 bridgehead atoms. The van der Waals surface area contributed by atoms with E-state index in [1.807, 2.05) is 58.3 Å². The molecule has 1 aromatic heterocycles. The third-order valence-corrected chi connectivity index (χ3v) is 7.75.